The summed E-state index contributed by atoms with van der Waals surface area (Å²) < 4.78 is 0. The zero-order valence-electron chi connectivity index (χ0n) is 1.71. The summed E-state index contributed by atoms with van der Waals surface area (Å²) in [7, 11) is 0. The smallest absolute Gasteiger partial charge is 0 e. The maximum Gasteiger partial charge on any atom is 0 e. The molecule has 0 heterocycles. The first-order chi connectivity index (χ1) is 0. The van der Waals surface area contributed by atoms with Gasteiger partial charge in [-0.3, -0.25) is 0 Å². The molecule has 0 fully saturated rings. The minimum absolute atomic E-state index is 0. The third-order valence-corrected chi connectivity index (χ3v) is 0. The summed E-state index contributed by atoms with van der Waals surface area (Å²) in [5.74, 6) is 0. The van der Waals surface area contributed by atoms with Gasteiger partial charge in [-0.1, -0.05) is 0 Å². The molecular weight excluding hydrogens is 117 g/mol. The van der Waals surface area contributed by atoms with Crippen molar-refractivity contribution in [1.82, 2.24) is 0 Å². The fourth-order valence-corrected chi connectivity index (χ4v) is 0. The van der Waals surface area contributed by atoms with Crippen molar-refractivity contribution in [3.05, 3.63) is 0 Å². The van der Waals surface area contributed by atoms with E-state index in [0.717, 1.165) is 0 Å². The molecule has 0 rings (SSSR count). The zero-order chi connectivity index (χ0) is 0. The predicted molar refractivity (Wildman–Crippen MR) is 5.75 cm³/mol. The van der Waals surface area contributed by atoms with Gasteiger partial charge < -0.3 is 37.2 Å². The normalized spacial score (nSPS) is 0. The van der Waals surface area contributed by atoms with Crippen molar-refractivity contribution in [3.8, 4) is 0 Å². The molecule has 0 aliphatic rings. The number of halogens is 3. The Morgan fingerprint density at radius 1 is 0.500 bits per heavy atom. The summed E-state index contributed by atoms with van der Waals surface area (Å²) in [5, 5.41) is 0. The Labute approximate surface area is 46.1 Å². The lowest BCUT2D eigenvalue weighted by atomic mass is 10.8. The summed E-state index contributed by atoms with van der Waals surface area (Å²) in [6.07, 6.45) is 0. The molecular formula is BCl3-3. The Hall–Kier alpha value is 0.935. The molecule has 27 valence electrons. The van der Waals surface area contributed by atoms with Gasteiger partial charge in [-0.25, -0.2) is 0 Å². The highest BCUT2D eigenvalue weighted by Gasteiger charge is 0.00000301. The van der Waals surface area contributed by atoms with E-state index in [1.807, 2.05) is 0 Å². The van der Waals surface area contributed by atoms with E-state index >= 15 is 0 Å². The van der Waals surface area contributed by atoms with Crippen LogP contribution in [0.3, 0.4) is 0 Å². The van der Waals surface area contributed by atoms with Crippen LogP contribution in [0, 0.1) is 0 Å². The average molecular weight is 117 g/mol. The van der Waals surface area contributed by atoms with Gasteiger partial charge in [0.1, 0.15) is 0 Å². The van der Waals surface area contributed by atoms with Crippen LogP contribution in [0.1, 0.15) is 0 Å². The van der Waals surface area contributed by atoms with E-state index in [4.69, 9.17) is 0 Å². The van der Waals surface area contributed by atoms with Gasteiger partial charge in [0.15, 0.2) is 0 Å². The number of rotatable bonds is 0. The van der Waals surface area contributed by atoms with Crippen molar-refractivity contribution in [2.24, 2.45) is 0 Å². The summed E-state index contributed by atoms with van der Waals surface area (Å²) >= 11 is 0. The van der Waals surface area contributed by atoms with E-state index in [1.54, 1.807) is 0 Å². The first-order valence-corrected chi connectivity index (χ1v) is 0. The molecule has 4 heavy (non-hydrogen) atoms. The monoisotopic (exact) mass is 116 g/mol. The third-order valence-electron chi connectivity index (χ3n) is 0. The maximum atomic E-state index is 0. The molecule has 0 aromatic carbocycles. The summed E-state index contributed by atoms with van der Waals surface area (Å²) in [5.41, 5.74) is 0. The molecule has 0 bridgehead atoms. The van der Waals surface area contributed by atoms with Crippen molar-refractivity contribution in [1.29, 1.82) is 0 Å². The van der Waals surface area contributed by atoms with Gasteiger partial charge in [-0.05, 0) is 0 Å². The van der Waals surface area contributed by atoms with Crippen LogP contribution >= 0.6 is 0 Å². The Kier molecular flexibility index (Phi) is 847. The molecule has 0 atom stereocenters. The first kappa shape index (κ1) is 87.4. The number of hydrogen-bond donors (Lipinski definition) is 0. The lowest BCUT2D eigenvalue weighted by Gasteiger charge is -1.00. The Morgan fingerprint density at radius 2 is 0.500 bits per heavy atom. The van der Waals surface area contributed by atoms with E-state index in [-0.39, 0.29) is 45.6 Å². The largest absolute Gasteiger partial charge is 1.00 e. The van der Waals surface area contributed by atoms with Crippen LogP contribution in [0.25, 0.3) is 0 Å². The van der Waals surface area contributed by atoms with Gasteiger partial charge >= 0.3 is 0 Å². The van der Waals surface area contributed by atoms with Crippen molar-refractivity contribution >= 4 is 8.41 Å². The lowest BCUT2D eigenvalue weighted by Crippen LogP contribution is -3.00. The number of hydrogen-bond acceptors (Lipinski definition) is 0. The molecule has 0 N–H and O–H groups in total. The van der Waals surface area contributed by atoms with E-state index in [0.29, 0.717) is 0 Å². The molecule has 0 saturated heterocycles. The van der Waals surface area contributed by atoms with Crippen molar-refractivity contribution in [2.75, 3.05) is 0 Å². The summed E-state index contributed by atoms with van der Waals surface area (Å²) in [4.78, 5) is 0. The van der Waals surface area contributed by atoms with E-state index in [2.05, 4.69) is 0 Å². The van der Waals surface area contributed by atoms with Crippen LogP contribution in [0.2, 0.25) is 0 Å². The van der Waals surface area contributed by atoms with Crippen LogP contribution in [0.4, 0.5) is 0 Å². The highest BCUT2D eigenvalue weighted by Crippen LogP contribution is -0.381. The van der Waals surface area contributed by atoms with Gasteiger partial charge in [0.2, 0.25) is 0 Å². The van der Waals surface area contributed by atoms with Crippen LogP contribution < -0.4 is 37.2 Å². The molecule has 0 aromatic heterocycles. The molecule has 0 spiro atoms. The van der Waals surface area contributed by atoms with Crippen LogP contribution in [0.15, 0.2) is 0 Å². The van der Waals surface area contributed by atoms with Gasteiger partial charge in [-0.2, -0.15) is 0 Å². The molecule has 0 aromatic rings. The summed E-state index contributed by atoms with van der Waals surface area (Å²) in [6.45, 7) is 0. The molecule has 0 aliphatic heterocycles. The van der Waals surface area contributed by atoms with Gasteiger partial charge in [0, 0.05) is 8.41 Å². The second kappa shape index (κ2) is 38.8. The quantitative estimate of drug-likeness (QED) is 0.276. The predicted octanol–water partition coefficient (Wildman–Crippen LogP) is -9.37. The van der Waals surface area contributed by atoms with E-state index in [1.165, 1.54) is 0 Å². The fourth-order valence-electron chi connectivity index (χ4n) is 0. The van der Waals surface area contributed by atoms with E-state index in [9.17, 15) is 0 Å². The topological polar surface area (TPSA) is 0 Å². The average Bonchev–Trinajstić information content (AvgIpc) is 0. The van der Waals surface area contributed by atoms with Gasteiger partial charge in [0.05, 0.1) is 0 Å². The molecule has 0 amide bonds. The molecule has 0 saturated carbocycles. The van der Waals surface area contributed by atoms with Crippen molar-refractivity contribution in [2.45, 2.75) is 0 Å². The Balaban J connectivity index is 0. The van der Waals surface area contributed by atoms with Crippen LogP contribution in [-0.2, 0) is 0 Å². The molecule has 4 heteroatoms. The lowest BCUT2D eigenvalue weighted by molar-refractivity contribution is -0.00100. The van der Waals surface area contributed by atoms with Crippen molar-refractivity contribution < 1.29 is 37.2 Å². The molecule has 0 aliphatic carbocycles. The molecule has 0 nitrogen and oxygen atoms in total. The van der Waals surface area contributed by atoms with E-state index < -0.39 is 0 Å². The van der Waals surface area contributed by atoms with Gasteiger partial charge in [-0.15, -0.1) is 0 Å². The maximum absolute atomic E-state index is 0. The standard InChI is InChI=1S/B.3ClH/h;3*1H/p-3. The molecule has 3 radical (unpaired) electrons. The molecule has 0 unspecified atom stereocenters. The first-order valence-electron chi connectivity index (χ1n) is 0. The van der Waals surface area contributed by atoms with Crippen LogP contribution in [-0.4, -0.2) is 8.41 Å². The minimum atomic E-state index is 0. The second-order valence-electron chi connectivity index (χ2n) is 0. The Bertz CT molecular complexity index is 3.25. The highest BCUT2D eigenvalue weighted by molar-refractivity contribution is 5.75. The second-order valence-corrected chi connectivity index (χ2v) is 0. The fraction of sp³-hybridized carbons (Fsp3) is 0. The minimum Gasteiger partial charge on any atom is -1.00 e. The summed E-state index contributed by atoms with van der Waals surface area (Å²) in [6, 6.07) is 0. The highest BCUT2D eigenvalue weighted by atomic mass is 35.5. The van der Waals surface area contributed by atoms with Gasteiger partial charge in [0.25, 0.3) is 0 Å². The van der Waals surface area contributed by atoms with Crippen molar-refractivity contribution in [3.63, 3.8) is 0 Å². The zero-order valence-corrected chi connectivity index (χ0v) is 3.98. The SMILES string of the molecule is [B].[Cl-].[Cl-].[Cl-]. The van der Waals surface area contributed by atoms with Crippen LogP contribution in [0.5, 0.6) is 0 Å². The third kappa shape index (κ3) is 12.6. The Morgan fingerprint density at radius 3 is 0.500 bits per heavy atom.